The monoisotopic (exact) mass is 428 g/mol. The maximum atomic E-state index is 12.5. The molecule has 0 spiro atoms. The molecule has 140 valence electrons. The van der Waals surface area contributed by atoms with E-state index >= 15 is 0 Å². The Balaban J connectivity index is 1.51. The first-order chi connectivity index (χ1) is 13.5. The third-order valence-electron chi connectivity index (χ3n) is 4.23. The molecule has 4 rings (SSSR count). The molecule has 7 heteroatoms. The number of nitrogens with zero attached hydrogens (tertiary/aromatic N) is 1. The third kappa shape index (κ3) is 3.83. The largest absolute Gasteiger partial charge is 0.451 e. The van der Waals surface area contributed by atoms with E-state index in [-0.39, 0.29) is 11.7 Å². The molecule has 4 nitrogen and oxygen atoms in total. The van der Waals surface area contributed by atoms with Crippen molar-refractivity contribution in [2.45, 2.75) is 6.92 Å². The van der Waals surface area contributed by atoms with Crippen molar-refractivity contribution in [3.8, 4) is 22.6 Å². The third-order valence-corrected chi connectivity index (χ3v) is 5.65. The van der Waals surface area contributed by atoms with Crippen LogP contribution in [0.2, 0.25) is 10.0 Å². The molecule has 2 heterocycles. The van der Waals surface area contributed by atoms with Crippen LogP contribution >= 0.6 is 34.5 Å². The minimum Gasteiger partial charge on any atom is -0.451 e. The quantitative estimate of drug-likeness (QED) is 0.382. The van der Waals surface area contributed by atoms with Crippen LogP contribution in [0.5, 0.6) is 0 Å². The summed E-state index contributed by atoms with van der Waals surface area (Å²) in [5.41, 5.74) is 3.45. The van der Waals surface area contributed by atoms with Crippen LogP contribution in [0.3, 0.4) is 0 Å². The van der Waals surface area contributed by atoms with E-state index in [1.807, 2.05) is 42.6 Å². The zero-order valence-electron chi connectivity index (χ0n) is 14.7. The first-order valence-electron chi connectivity index (χ1n) is 8.39. The van der Waals surface area contributed by atoms with E-state index in [0.717, 1.165) is 22.4 Å². The van der Waals surface area contributed by atoms with Gasteiger partial charge in [0, 0.05) is 26.6 Å². The van der Waals surface area contributed by atoms with Gasteiger partial charge in [0.2, 0.25) is 0 Å². The number of hydrogen-bond acceptors (Lipinski definition) is 4. The number of thiazole rings is 1. The molecule has 0 aliphatic rings. The van der Waals surface area contributed by atoms with Gasteiger partial charge in [-0.15, -0.1) is 11.3 Å². The standard InChI is InChI=1S/C21H14Cl2N2O2S/c1-12-15(3-2-4-16(12)23)18-9-10-19(27-18)20(26)25-21-24-17(11-28-21)13-5-7-14(22)8-6-13/h2-11H,1H3,(H,24,25,26). The molecule has 0 radical (unpaired) electrons. The van der Waals surface area contributed by atoms with E-state index in [0.29, 0.717) is 20.9 Å². The second-order valence-electron chi connectivity index (χ2n) is 6.08. The van der Waals surface area contributed by atoms with Crippen molar-refractivity contribution in [1.82, 2.24) is 4.98 Å². The average Bonchev–Trinajstić information content (AvgIpc) is 3.34. The zero-order chi connectivity index (χ0) is 19.7. The fourth-order valence-electron chi connectivity index (χ4n) is 2.72. The summed E-state index contributed by atoms with van der Waals surface area (Å²) in [6, 6.07) is 16.3. The Labute approximate surface area is 175 Å². The van der Waals surface area contributed by atoms with Gasteiger partial charge >= 0.3 is 0 Å². The normalized spacial score (nSPS) is 10.8. The number of carbonyl (C=O) groups is 1. The molecule has 0 atom stereocenters. The van der Waals surface area contributed by atoms with Crippen molar-refractivity contribution < 1.29 is 9.21 Å². The number of benzene rings is 2. The molecule has 0 bridgehead atoms. The smallest absolute Gasteiger partial charge is 0.293 e. The molecule has 0 fully saturated rings. The molecule has 0 aliphatic heterocycles. The molecule has 0 unspecified atom stereocenters. The number of nitrogens with one attached hydrogen (secondary N) is 1. The molecular formula is C21H14Cl2N2O2S. The lowest BCUT2D eigenvalue weighted by molar-refractivity contribution is 0.0997. The zero-order valence-corrected chi connectivity index (χ0v) is 17.0. The number of halogens is 2. The van der Waals surface area contributed by atoms with E-state index in [9.17, 15) is 4.79 Å². The van der Waals surface area contributed by atoms with Crippen LogP contribution in [0.4, 0.5) is 5.13 Å². The van der Waals surface area contributed by atoms with Gasteiger partial charge in [0.25, 0.3) is 5.91 Å². The van der Waals surface area contributed by atoms with Gasteiger partial charge in [0.1, 0.15) is 5.76 Å². The van der Waals surface area contributed by atoms with Gasteiger partial charge in [-0.2, -0.15) is 0 Å². The molecule has 0 saturated heterocycles. The summed E-state index contributed by atoms with van der Waals surface area (Å²) in [7, 11) is 0. The second-order valence-corrected chi connectivity index (χ2v) is 7.78. The number of hydrogen-bond donors (Lipinski definition) is 1. The van der Waals surface area contributed by atoms with Gasteiger partial charge in [0.15, 0.2) is 10.9 Å². The van der Waals surface area contributed by atoms with E-state index in [1.165, 1.54) is 11.3 Å². The maximum Gasteiger partial charge on any atom is 0.293 e. The van der Waals surface area contributed by atoms with E-state index in [4.69, 9.17) is 27.6 Å². The predicted octanol–water partition coefficient (Wildman–Crippen LogP) is 6.94. The van der Waals surface area contributed by atoms with Crippen LogP contribution in [0, 0.1) is 6.92 Å². The SMILES string of the molecule is Cc1c(Cl)cccc1-c1ccc(C(=O)Nc2nc(-c3ccc(Cl)cc3)cs2)o1. The molecule has 2 aromatic heterocycles. The van der Waals surface area contributed by atoms with Gasteiger partial charge in [-0.05, 0) is 42.8 Å². The Morgan fingerprint density at radius 3 is 2.64 bits per heavy atom. The first-order valence-corrected chi connectivity index (χ1v) is 10.0. The Bertz CT molecular complexity index is 1150. The summed E-state index contributed by atoms with van der Waals surface area (Å²) in [6.07, 6.45) is 0. The van der Waals surface area contributed by atoms with Gasteiger partial charge in [0.05, 0.1) is 5.69 Å². The van der Waals surface area contributed by atoms with Crippen molar-refractivity contribution in [2.24, 2.45) is 0 Å². The molecule has 0 aliphatic carbocycles. The van der Waals surface area contributed by atoms with Gasteiger partial charge < -0.3 is 4.42 Å². The molecular weight excluding hydrogens is 415 g/mol. The molecule has 1 N–H and O–H groups in total. The minimum atomic E-state index is -0.358. The number of aromatic nitrogens is 1. The maximum absolute atomic E-state index is 12.5. The predicted molar refractivity (Wildman–Crippen MR) is 114 cm³/mol. The van der Waals surface area contributed by atoms with Crippen molar-refractivity contribution in [2.75, 3.05) is 5.32 Å². The number of amides is 1. The van der Waals surface area contributed by atoms with Gasteiger partial charge in [-0.3, -0.25) is 10.1 Å². The fraction of sp³-hybridized carbons (Fsp3) is 0.0476. The van der Waals surface area contributed by atoms with E-state index in [1.54, 1.807) is 24.3 Å². The van der Waals surface area contributed by atoms with Crippen molar-refractivity contribution >= 4 is 45.6 Å². The molecule has 28 heavy (non-hydrogen) atoms. The summed E-state index contributed by atoms with van der Waals surface area (Å²) < 4.78 is 5.74. The number of anilines is 1. The highest BCUT2D eigenvalue weighted by molar-refractivity contribution is 7.14. The van der Waals surface area contributed by atoms with Crippen LogP contribution in [-0.2, 0) is 0 Å². The van der Waals surface area contributed by atoms with Gasteiger partial charge in [-0.25, -0.2) is 4.98 Å². The number of furan rings is 1. The topological polar surface area (TPSA) is 55.1 Å². The average molecular weight is 429 g/mol. The van der Waals surface area contributed by atoms with Crippen LogP contribution < -0.4 is 5.32 Å². The summed E-state index contributed by atoms with van der Waals surface area (Å²) in [6.45, 7) is 1.91. The van der Waals surface area contributed by atoms with Crippen LogP contribution in [0.1, 0.15) is 16.1 Å². The molecule has 1 amide bonds. The fourth-order valence-corrected chi connectivity index (χ4v) is 3.74. The number of rotatable bonds is 4. The summed E-state index contributed by atoms with van der Waals surface area (Å²) in [5.74, 6) is 0.437. The molecule has 2 aromatic carbocycles. The van der Waals surface area contributed by atoms with Crippen LogP contribution in [-0.4, -0.2) is 10.9 Å². The Hall–Kier alpha value is -2.60. The second kappa shape index (κ2) is 7.80. The van der Waals surface area contributed by atoms with Crippen molar-refractivity contribution in [1.29, 1.82) is 0 Å². The Morgan fingerprint density at radius 2 is 1.86 bits per heavy atom. The lowest BCUT2D eigenvalue weighted by Crippen LogP contribution is -2.10. The first kappa shape index (κ1) is 18.7. The summed E-state index contributed by atoms with van der Waals surface area (Å²) in [5, 5.41) is 6.46. The highest BCUT2D eigenvalue weighted by atomic mass is 35.5. The molecule has 4 aromatic rings. The van der Waals surface area contributed by atoms with Crippen LogP contribution in [0.25, 0.3) is 22.6 Å². The Morgan fingerprint density at radius 1 is 1.07 bits per heavy atom. The van der Waals surface area contributed by atoms with Gasteiger partial charge in [-0.1, -0.05) is 47.5 Å². The lowest BCUT2D eigenvalue weighted by atomic mass is 10.1. The summed E-state index contributed by atoms with van der Waals surface area (Å²) in [4.78, 5) is 17.0. The highest BCUT2D eigenvalue weighted by Crippen LogP contribution is 2.30. The van der Waals surface area contributed by atoms with Crippen molar-refractivity contribution in [3.63, 3.8) is 0 Å². The minimum absolute atomic E-state index is 0.206. The van der Waals surface area contributed by atoms with E-state index < -0.39 is 0 Å². The Kier molecular flexibility index (Phi) is 5.22. The lowest BCUT2D eigenvalue weighted by Gasteiger charge is -2.04. The van der Waals surface area contributed by atoms with Crippen molar-refractivity contribution in [3.05, 3.63) is 81.3 Å². The van der Waals surface area contributed by atoms with E-state index in [2.05, 4.69) is 10.3 Å². The highest BCUT2D eigenvalue weighted by Gasteiger charge is 2.16. The molecule has 0 saturated carbocycles. The summed E-state index contributed by atoms with van der Waals surface area (Å²) >= 11 is 13.4. The van der Waals surface area contributed by atoms with Crippen LogP contribution in [0.15, 0.2) is 64.4 Å². The number of carbonyl (C=O) groups excluding carboxylic acids is 1.